The zero-order chi connectivity index (χ0) is 25.8. The molecule has 1 saturated heterocycles. The smallest absolute Gasteiger partial charge is 0.187 e. The van der Waals surface area contributed by atoms with E-state index in [-0.39, 0.29) is 5.78 Å². The zero-order valence-corrected chi connectivity index (χ0v) is 21.1. The Morgan fingerprint density at radius 1 is 1.06 bits per heavy atom. The summed E-state index contributed by atoms with van der Waals surface area (Å²) < 4.78 is 6.85. The van der Waals surface area contributed by atoms with Crippen LogP contribution in [0.25, 0.3) is 0 Å². The van der Waals surface area contributed by atoms with Crippen LogP contribution in [0.2, 0.25) is 0 Å². The van der Waals surface area contributed by atoms with Crippen LogP contribution in [0.3, 0.4) is 0 Å². The summed E-state index contributed by atoms with van der Waals surface area (Å²) in [7, 11) is 0. The number of carbonyl (C=O) groups excluding carboxylic acids is 1. The number of hydrogen-bond donors (Lipinski definition) is 4. The molecule has 0 aliphatic carbocycles. The molecule has 4 N–H and O–H groups in total. The molecule has 4 atom stereocenters. The molecule has 0 spiro atoms. The molecule has 1 aliphatic rings. The average Bonchev–Trinajstić information content (AvgIpc) is 3.48. The van der Waals surface area contributed by atoms with Crippen LogP contribution < -0.4 is 5.32 Å². The molecule has 1 aliphatic heterocycles. The summed E-state index contributed by atoms with van der Waals surface area (Å²) in [6.45, 7) is 2.17. The van der Waals surface area contributed by atoms with Gasteiger partial charge in [-0.05, 0) is 12.8 Å². The molecule has 0 bridgehead atoms. The highest BCUT2D eigenvalue weighted by molar-refractivity contribution is 6.04. The molecule has 3 rings (SSSR count). The number of rotatable bonds is 16. The van der Waals surface area contributed by atoms with Crippen molar-refractivity contribution in [3.8, 4) is 0 Å². The van der Waals surface area contributed by atoms with Crippen LogP contribution >= 0.6 is 0 Å². The number of aliphatic hydroxyl groups is 3. The predicted molar refractivity (Wildman–Crippen MR) is 136 cm³/mol. The Morgan fingerprint density at radius 3 is 2.42 bits per heavy atom. The molecule has 1 aromatic carbocycles. The van der Waals surface area contributed by atoms with Crippen LogP contribution in [0.1, 0.15) is 87.0 Å². The molecule has 1 aromatic heterocycles. The maximum Gasteiger partial charge on any atom is 0.187 e. The SMILES string of the molecule is CCCCCCCCCCC(=CC(=O)c1ccccc1)NCc1cn([C@@H]2O[C@H](CO)[C@@H](O)[C@H]2O)nn1. The molecular formula is C27H40N4O5. The van der Waals surface area contributed by atoms with E-state index in [2.05, 4.69) is 22.6 Å². The van der Waals surface area contributed by atoms with Crippen molar-refractivity contribution in [2.45, 2.75) is 95.8 Å². The minimum absolute atomic E-state index is 0.0483. The van der Waals surface area contributed by atoms with E-state index in [1.807, 2.05) is 18.2 Å². The van der Waals surface area contributed by atoms with Crippen LogP contribution in [0.4, 0.5) is 0 Å². The van der Waals surface area contributed by atoms with Gasteiger partial charge in [0.05, 0.1) is 19.3 Å². The van der Waals surface area contributed by atoms with E-state index in [0.29, 0.717) is 17.8 Å². The number of nitrogens with one attached hydrogen (secondary N) is 1. The van der Waals surface area contributed by atoms with Gasteiger partial charge < -0.3 is 25.4 Å². The second-order valence-corrected chi connectivity index (χ2v) is 9.40. The largest absolute Gasteiger partial charge is 0.394 e. The van der Waals surface area contributed by atoms with Crippen molar-refractivity contribution in [1.82, 2.24) is 20.3 Å². The third kappa shape index (κ3) is 8.23. The monoisotopic (exact) mass is 500 g/mol. The minimum Gasteiger partial charge on any atom is -0.394 e. The normalized spacial score (nSPS) is 22.2. The molecular weight excluding hydrogens is 460 g/mol. The van der Waals surface area contributed by atoms with Crippen molar-refractivity contribution >= 4 is 5.78 Å². The molecule has 0 unspecified atom stereocenters. The minimum atomic E-state index is -1.22. The summed E-state index contributed by atoms with van der Waals surface area (Å²) in [4.78, 5) is 12.8. The van der Waals surface area contributed by atoms with Gasteiger partial charge in [0.25, 0.3) is 0 Å². The number of unbranched alkanes of at least 4 members (excludes halogenated alkanes) is 7. The van der Waals surface area contributed by atoms with Crippen molar-refractivity contribution < 1.29 is 24.9 Å². The first-order chi connectivity index (χ1) is 17.5. The number of aromatic nitrogens is 3. The van der Waals surface area contributed by atoms with Crippen molar-refractivity contribution in [2.24, 2.45) is 0 Å². The van der Waals surface area contributed by atoms with Gasteiger partial charge in [0.1, 0.15) is 24.0 Å². The molecule has 0 saturated carbocycles. The Hall–Kier alpha value is -2.59. The van der Waals surface area contributed by atoms with Gasteiger partial charge in [0.2, 0.25) is 0 Å². The number of ketones is 1. The lowest BCUT2D eigenvalue weighted by atomic mass is 10.0. The molecule has 2 aromatic rings. The van der Waals surface area contributed by atoms with E-state index in [1.165, 1.54) is 43.2 Å². The van der Waals surface area contributed by atoms with Crippen LogP contribution in [-0.4, -0.2) is 61.0 Å². The van der Waals surface area contributed by atoms with Gasteiger partial charge in [-0.1, -0.05) is 87.4 Å². The van der Waals surface area contributed by atoms with Crippen molar-refractivity contribution in [1.29, 1.82) is 0 Å². The molecule has 9 nitrogen and oxygen atoms in total. The number of carbonyl (C=O) groups is 1. The number of benzene rings is 1. The fourth-order valence-corrected chi connectivity index (χ4v) is 4.33. The van der Waals surface area contributed by atoms with Crippen LogP contribution in [-0.2, 0) is 11.3 Å². The van der Waals surface area contributed by atoms with E-state index >= 15 is 0 Å². The van der Waals surface area contributed by atoms with E-state index in [9.17, 15) is 20.1 Å². The van der Waals surface area contributed by atoms with E-state index in [1.54, 1.807) is 24.4 Å². The highest BCUT2D eigenvalue weighted by atomic mass is 16.6. The number of ether oxygens (including phenoxy) is 1. The fourth-order valence-electron chi connectivity index (χ4n) is 4.33. The molecule has 1 fully saturated rings. The summed E-state index contributed by atoms with van der Waals surface area (Å²) in [5.74, 6) is -0.0483. The Labute approximate surface area is 213 Å². The molecule has 2 heterocycles. The lowest BCUT2D eigenvalue weighted by molar-refractivity contribution is -0.0594. The molecule has 36 heavy (non-hydrogen) atoms. The van der Waals surface area contributed by atoms with Crippen LogP contribution in [0.5, 0.6) is 0 Å². The number of aliphatic hydroxyl groups excluding tert-OH is 3. The Morgan fingerprint density at radius 2 is 1.75 bits per heavy atom. The average molecular weight is 501 g/mol. The first-order valence-electron chi connectivity index (χ1n) is 13.1. The fraction of sp³-hybridized carbons (Fsp3) is 0.593. The Kier molecular flexibility index (Phi) is 11.5. The van der Waals surface area contributed by atoms with E-state index in [4.69, 9.17) is 4.74 Å². The highest BCUT2D eigenvalue weighted by Gasteiger charge is 2.43. The van der Waals surface area contributed by atoms with Gasteiger partial charge in [-0.3, -0.25) is 4.79 Å². The van der Waals surface area contributed by atoms with Crippen LogP contribution in [0.15, 0.2) is 48.3 Å². The highest BCUT2D eigenvalue weighted by Crippen LogP contribution is 2.28. The van der Waals surface area contributed by atoms with Gasteiger partial charge in [-0.25, -0.2) is 4.68 Å². The summed E-state index contributed by atoms with van der Waals surface area (Å²) in [6.07, 6.45) is 9.53. The molecule has 9 heteroatoms. The Bertz CT molecular complexity index is 949. The maximum absolute atomic E-state index is 12.8. The number of nitrogens with zero attached hydrogens (tertiary/aromatic N) is 3. The summed E-state index contributed by atoms with van der Waals surface area (Å²) in [6, 6.07) is 9.19. The van der Waals surface area contributed by atoms with Crippen molar-refractivity contribution in [2.75, 3.05) is 6.61 Å². The van der Waals surface area contributed by atoms with Gasteiger partial charge in [0, 0.05) is 17.3 Å². The summed E-state index contributed by atoms with van der Waals surface area (Å²) in [5, 5.41) is 41.0. The van der Waals surface area contributed by atoms with Gasteiger partial charge >= 0.3 is 0 Å². The first kappa shape index (κ1) is 28.0. The first-order valence-corrected chi connectivity index (χ1v) is 13.1. The quantitative estimate of drug-likeness (QED) is 0.157. The summed E-state index contributed by atoms with van der Waals surface area (Å²) in [5.41, 5.74) is 2.09. The van der Waals surface area contributed by atoms with Crippen LogP contribution in [0, 0.1) is 0 Å². The van der Waals surface area contributed by atoms with Gasteiger partial charge in [-0.15, -0.1) is 5.10 Å². The molecule has 198 valence electrons. The van der Waals surface area contributed by atoms with Gasteiger partial charge in [0.15, 0.2) is 12.0 Å². The predicted octanol–water partition coefficient (Wildman–Crippen LogP) is 3.28. The van der Waals surface area contributed by atoms with Crippen molar-refractivity contribution in [3.05, 3.63) is 59.6 Å². The Balaban J connectivity index is 1.56. The lowest BCUT2D eigenvalue weighted by Gasteiger charge is -2.13. The lowest BCUT2D eigenvalue weighted by Crippen LogP contribution is -2.33. The summed E-state index contributed by atoms with van der Waals surface area (Å²) >= 11 is 0. The van der Waals surface area contributed by atoms with Crippen molar-refractivity contribution in [3.63, 3.8) is 0 Å². The second-order valence-electron chi connectivity index (χ2n) is 9.40. The number of allylic oxidation sites excluding steroid dienone is 2. The number of hydrogen-bond acceptors (Lipinski definition) is 8. The van der Waals surface area contributed by atoms with E-state index in [0.717, 1.165) is 25.0 Å². The van der Waals surface area contributed by atoms with Gasteiger partial charge in [-0.2, -0.15) is 0 Å². The second kappa shape index (κ2) is 14.8. The van der Waals surface area contributed by atoms with E-state index < -0.39 is 31.1 Å². The molecule has 0 radical (unpaired) electrons. The zero-order valence-electron chi connectivity index (χ0n) is 21.1. The standard InChI is InChI=1S/C27H40N4O5/c1-2-3-4-5-6-7-8-12-15-21(16-23(33)20-13-10-9-11-14-20)28-17-22-18-31(30-29-22)27-26(35)25(34)24(19-32)36-27/h9-11,13-14,16,18,24-28,32,34-35H,2-8,12,15,17,19H2,1H3/t24-,25-,26-,27-/m1/s1. The third-order valence-electron chi connectivity index (χ3n) is 6.50. The maximum atomic E-state index is 12.8. The molecule has 0 amide bonds. The third-order valence-corrected chi connectivity index (χ3v) is 6.50. The topological polar surface area (TPSA) is 130 Å².